The Morgan fingerprint density at radius 1 is 1.06 bits per heavy atom. The highest BCUT2D eigenvalue weighted by atomic mass is 35.5. The molecule has 0 saturated carbocycles. The molecule has 0 spiro atoms. The Morgan fingerprint density at radius 2 is 1.72 bits per heavy atom. The standard InChI is InChI=1S/C25H30ClN5O/c1-17(2)22(27-25-28-23(29-30(25)3)20-7-5-4-6-8-20)24(32)31-15-13-19(14-16-31)18-9-11-21(26)12-10-18/h4-12,17,19,22H,13-16H2,1-3H3,(H,27,28,29). The van der Waals surface area contributed by atoms with Gasteiger partial charge < -0.3 is 10.2 Å². The molecule has 6 nitrogen and oxygen atoms in total. The van der Waals surface area contributed by atoms with E-state index in [0.29, 0.717) is 17.7 Å². The number of aromatic nitrogens is 3. The summed E-state index contributed by atoms with van der Waals surface area (Å²) < 4.78 is 1.71. The van der Waals surface area contributed by atoms with E-state index < -0.39 is 0 Å². The zero-order valence-corrected chi connectivity index (χ0v) is 19.6. The van der Waals surface area contributed by atoms with Crippen LogP contribution in [-0.4, -0.2) is 44.7 Å². The number of carbonyl (C=O) groups excluding carboxylic acids is 1. The SMILES string of the molecule is CC(C)C(Nc1nc(-c2ccccc2)nn1C)C(=O)N1CCC(c2ccc(Cl)cc2)CC1. The average molecular weight is 452 g/mol. The largest absolute Gasteiger partial charge is 0.342 e. The number of hydrogen-bond acceptors (Lipinski definition) is 4. The van der Waals surface area contributed by atoms with E-state index in [0.717, 1.165) is 36.5 Å². The molecule has 1 aliphatic rings. The van der Waals surface area contributed by atoms with Gasteiger partial charge in [-0.1, -0.05) is 67.9 Å². The number of rotatable bonds is 6. The second kappa shape index (κ2) is 9.74. The summed E-state index contributed by atoms with van der Waals surface area (Å²) in [5.74, 6) is 1.96. The maximum Gasteiger partial charge on any atom is 0.245 e. The second-order valence-corrected chi connectivity index (χ2v) is 9.20. The number of amides is 1. The lowest BCUT2D eigenvalue weighted by atomic mass is 9.89. The lowest BCUT2D eigenvalue weighted by molar-refractivity contribution is -0.134. The van der Waals surface area contributed by atoms with Crippen molar-refractivity contribution in [3.05, 3.63) is 65.2 Å². The van der Waals surface area contributed by atoms with Gasteiger partial charge in [-0.25, -0.2) is 4.68 Å². The quantitative estimate of drug-likeness (QED) is 0.574. The minimum absolute atomic E-state index is 0.119. The first-order valence-corrected chi connectivity index (χ1v) is 11.6. The maximum atomic E-state index is 13.4. The van der Waals surface area contributed by atoms with E-state index >= 15 is 0 Å². The van der Waals surface area contributed by atoms with Gasteiger partial charge in [-0.05, 0) is 42.4 Å². The number of nitrogens with one attached hydrogen (secondary N) is 1. The minimum Gasteiger partial charge on any atom is -0.342 e. The van der Waals surface area contributed by atoms with Gasteiger partial charge in [-0.3, -0.25) is 4.79 Å². The van der Waals surface area contributed by atoms with Crippen molar-refractivity contribution in [3.63, 3.8) is 0 Å². The van der Waals surface area contributed by atoms with Crippen LogP contribution in [0.3, 0.4) is 0 Å². The van der Waals surface area contributed by atoms with Gasteiger partial charge in [-0.15, -0.1) is 5.10 Å². The van der Waals surface area contributed by atoms with Crippen LogP contribution < -0.4 is 5.32 Å². The van der Waals surface area contributed by atoms with Gasteiger partial charge in [0.05, 0.1) is 0 Å². The van der Waals surface area contributed by atoms with E-state index in [9.17, 15) is 4.79 Å². The first-order chi connectivity index (χ1) is 15.4. The van der Waals surface area contributed by atoms with Crippen LogP contribution in [0.5, 0.6) is 0 Å². The summed E-state index contributed by atoms with van der Waals surface area (Å²) in [6.07, 6.45) is 1.92. The third-order valence-corrected chi connectivity index (χ3v) is 6.41. The molecular weight excluding hydrogens is 422 g/mol. The van der Waals surface area contributed by atoms with Crippen molar-refractivity contribution < 1.29 is 4.79 Å². The van der Waals surface area contributed by atoms with E-state index in [1.54, 1.807) is 4.68 Å². The molecule has 1 atom stereocenters. The van der Waals surface area contributed by atoms with Crippen LogP contribution in [0, 0.1) is 5.92 Å². The molecule has 1 aliphatic heterocycles. The summed E-state index contributed by atoms with van der Waals surface area (Å²) in [6, 6.07) is 17.6. The number of hydrogen-bond donors (Lipinski definition) is 1. The predicted molar refractivity (Wildman–Crippen MR) is 129 cm³/mol. The van der Waals surface area contributed by atoms with Crippen molar-refractivity contribution in [3.8, 4) is 11.4 Å². The topological polar surface area (TPSA) is 63.1 Å². The normalized spacial score (nSPS) is 15.7. The van der Waals surface area contributed by atoms with Crippen LogP contribution in [0.1, 0.15) is 38.2 Å². The Labute approximate surface area is 194 Å². The zero-order chi connectivity index (χ0) is 22.7. The molecule has 1 N–H and O–H groups in total. The Hall–Kier alpha value is -2.86. The third-order valence-electron chi connectivity index (χ3n) is 6.16. The Kier molecular flexibility index (Phi) is 6.80. The van der Waals surface area contributed by atoms with Gasteiger partial charge in [0.2, 0.25) is 11.9 Å². The number of aryl methyl sites for hydroxylation is 1. The predicted octanol–water partition coefficient (Wildman–Crippen LogP) is 4.98. The van der Waals surface area contributed by atoms with Crippen molar-refractivity contribution in [2.24, 2.45) is 13.0 Å². The van der Waals surface area contributed by atoms with Crippen LogP contribution >= 0.6 is 11.6 Å². The molecule has 7 heteroatoms. The van der Waals surface area contributed by atoms with Crippen molar-refractivity contribution in [1.29, 1.82) is 0 Å². The molecule has 4 rings (SSSR count). The minimum atomic E-state index is -0.353. The molecule has 0 radical (unpaired) electrons. The number of halogens is 1. The van der Waals surface area contributed by atoms with Gasteiger partial charge in [0.25, 0.3) is 0 Å². The molecule has 1 aromatic heterocycles. The third kappa shape index (κ3) is 4.96. The van der Waals surface area contributed by atoms with Crippen molar-refractivity contribution in [1.82, 2.24) is 19.7 Å². The molecule has 1 saturated heterocycles. The van der Waals surface area contributed by atoms with E-state index in [2.05, 4.69) is 41.4 Å². The smallest absolute Gasteiger partial charge is 0.245 e. The lowest BCUT2D eigenvalue weighted by Gasteiger charge is -2.35. The molecule has 0 aliphatic carbocycles. The first kappa shape index (κ1) is 22.3. The second-order valence-electron chi connectivity index (χ2n) is 8.77. The molecule has 2 heterocycles. The van der Waals surface area contributed by atoms with Gasteiger partial charge >= 0.3 is 0 Å². The Bertz CT molecular complexity index is 1040. The van der Waals surface area contributed by atoms with Crippen LogP contribution in [0.4, 0.5) is 5.95 Å². The summed E-state index contributed by atoms with van der Waals surface area (Å²) in [4.78, 5) is 20.0. The molecule has 1 amide bonds. The number of anilines is 1. The van der Waals surface area contributed by atoms with Crippen LogP contribution in [0.25, 0.3) is 11.4 Å². The number of nitrogens with zero attached hydrogens (tertiary/aromatic N) is 4. The van der Waals surface area contributed by atoms with Gasteiger partial charge in [0.1, 0.15) is 6.04 Å². The van der Waals surface area contributed by atoms with E-state index in [4.69, 9.17) is 11.6 Å². The fourth-order valence-corrected chi connectivity index (χ4v) is 4.36. The van der Waals surface area contributed by atoms with E-state index in [1.165, 1.54) is 5.56 Å². The number of benzene rings is 2. The monoisotopic (exact) mass is 451 g/mol. The molecule has 2 aromatic carbocycles. The molecular formula is C25H30ClN5O. The zero-order valence-electron chi connectivity index (χ0n) is 18.8. The maximum absolute atomic E-state index is 13.4. The van der Waals surface area contributed by atoms with Crippen molar-refractivity contribution in [2.75, 3.05) is 18.4 Å². The number of carbonyl (C=O) groups is 1. The summed E-state index contributed by atoms with van der Waals surface area (Å²) in [5, 5.41) is 8.65. The van der Waals surface area contributed by atoms with Crippen LogP contribution in [0.2, 0.25) is 5.02 Å². The molecule has 0 bridgehead atoms. The summed E-state index contributed by atoms with van der Waals surface area (Å²) >= 11 is 6.02. The van der Waals surface area contributed by atoms with E-state index in [-0.39, 0.29) is 17.9 Å². The molecule has 1 fully saturated rings. The molecule has 1 unspecified atom stereocenters. The highest BCUT2D eigenvalue weighted by Crippen LogP contribution is 2.29. The fourth-order valence-electron chi connectivity index (χ4n) is 4.24. The van der Waals surface area contributed by atoms with Gasteiger partial charge in [-0.2, -0.15) is 4.98 Å². The summed E-state index contributed by atoms with van der Waals surface area (Å²) in [6.45, 7) is 5.63. The molecule has 3 aromatic rings. The molecule has 168 valence electrons. The van der Waals surface area contributed by atoms with Crippen LogP contribution in [-0.2, 0) is 11.8 Å². The lowest BCUT2D eigenvalue weighted by Crippen LogP contribution is -2.48. The molecule has 32 heavy (non-hydrogen) atoms. The summed E-state index contributed by atoms with van der Waals surface area (Å²) in [7, 11) is 1.85. The number of piperidine rings is 1. The number of likely N-dealkylation sites (tertiary alicyclic amines) is 1. The highest BCUT2D eigenvalue weighted by Gasteiger charge is 2.31. The highest BCUT2D eigenvalue weighted by molar-refractivity contribution is 6.30. The Morgan fingerprint density at radius 3 is 2.34 bits per heavy atom. The first-order valence-electron chi connectivity index (χ1n) is 11.2. The summed E-state index contributed by atoms with van der Waals surface area (Å²) in [5.41, 5.74) is 2.25. The fraction of sp³-hybridized carbons (Fsp3) is 0.400. The van der Waals surface area contributed by atoms with E-state index in [1.807, 2.05) is 54.4 Å². The Balaban J connectivity index is 1.43. The van der Waals surface area contributed by atoms with Crippen molar-refractivity contribution in [2.45, 2.75) is 38.6 Å². The van der Waals surface area contributed by atoms with Gasteiger partial charge in [0.15, 0.2) is 5.82 Å². The van der Waals surface area contributed by atoms with Gasteiger partial charge in [0, 0.05) is 30.7 Å². The van der Waals surface area contributed by atoms with Crippen LogP contribution in [0.15, 0.2) is 54.6 Å². The average Bonchev–Trinajstić information content (AvgIpc) is 3.18. The van der Waals surface area contributed by atoms with Crippen molar-refractivity contribution >= 4 is 23.5 Å².